The third kappa shape index (κ3) is 4.28. The molecule has 0 spiro atoms. The molecule has 16 heavy (non-hydrogen) atoms. The van der Waals surface area contributed by atoms with Crippen molar-refractivity contribution in [2.45, 2.75) is 33.2 Å². The second-order valence-corrected chi connectivity index (χ2v) is 5.13. The largest absolute Gasteiger partial charge is 0.380 e. The van der Waals surface area contributed by atoms with Crippen LogP contribution in [0.4, 0.5) is 0 Å². The summed E-state index contributed by atoms with van der Waals surface area (Å²) >= 11 is 0. The lowest BCUT2D eigenvalue weighted by molar-refractivity contribution is -0.135. The SMILES string of the molecule is CC(C)(C)[C@H](N)C(=O)N1CCCOCC1.Cl. The van der Waals surface area contributed by atoms with Crippen LogP contribution >= 0.6 is 12.4 Å². The lowest BCUT2D eigenvalue weighted by Gasteiger charge is -2.31. The summed E-state index contributed by atoms with van der Waals surface area (Å²) in [4.78, 5) is 13.9. The van der Waals surface area contributed by atoms with Crippen molar-refractivity contribution in [3.8, 4) is 0 Å². The number of halogens is 1. The molecular weight excluding hydrogens is 228 g/mol. The molecule has 0 aromatic rings. The Hall–Kier alpha value is -0.320. The minimum absolute atomic E-state index is 0. The van der Waals surface area contributed by atoms with Crippen molar-refractivity contribution in [1.29, 1.82) is 0 Å². The molecule has 0 bridgehead atoms. The van der Waals surface area contributed by atoms with Gasteiger partial charge < -0.3 is 15.4 Å². The van der Waals surface area contributed by atoms with Crippen molar-refractivity contribution < 1.29 is 9.53 Å². The van der Waals surface area contributed by atoms with E-state index in [-0.39, 0.29) is 23.7 Å². The molecule has 1 amide bonds. The molecule has 1 saturated heterocycles. The van der Waals surface area contributed by atoms with Gasteiger partial charge in [0.15, 0.2) is 0 Å². The summed E-state index contributed by atoms with van der Waals surface area (Å²) in [5.74, 6) is 0.0491. The van der Waals surface area contributed by atoms with Crippen LogP contribution in [0.1, 0.15) is 27.2 Å². The molecule has 96 valence electrons. The first-order valence-electron chi connectivity index (χ1n) is 5.55. The molecule has 5 heteroatoms. The minimum Gasteiger partial charge on any atom is -0.380 e. The van der Waals surface area contributed by atoms with Gasteiger partial charge in [-0.1, -0.05) is 20.8 Å². The van der Waals surface area contributed by atoms with E-state index in [1.54, 1.807) is 0 Å². The normalized spacial score (nSPS) is 19.6. The third-order valence-electron chi connectivity index (χ3n) is 2.73. The number of rotatable bonds is 1. The third-order valence-corrected chi connectivity index (χ3v) is 2.73. The number of nitrogens with two attached hydrogens (primary N) is 1. The second-order valence-electron chi connectivity index (χ2n) is 5.13. The Morgan fingerprint density at radius 2 is 1.94 bits per heavy atom. The van der Waals surface area contributed by atoms with Crippen molar-refractivity contribution >= 4 is 18.3 Å². The fourth-order valence-electron chi connectivity index (χ4n) is 1.53. The lowest BCUT2D eigenvalue weighted by atomic mass is 9.86. The number of hydrogen-bond donors (Lipinski definition) is 1. The predicted octanol–water partition coefficient (Wildman–Crippen LogP) is 1.03. The van der Waals surface area contributed by atoms with Crippen molar-refractivity contribution in [2.24, 2.45) is 11.1 Å². The second kappa shape index (κ2) is 6.42. The van der Waals surface area contributed by atoms with E-state index in [0.29, 0.717) is 13.2 Å². The van der Waals surface area contributed by atoms with E-state index in [4.69, 9.17) is 10.5 Å². The average Bonchev–Trinajstić information content (AvgIpc) is 2.42. The first kappa shape index (κ1) is 15.7. The van der Waals surface area contributed by atoms with Gasteiger partial charge in [-0.2, -0.15) is 0 Å². The zero-order valence-corrected chi connectivity index (χ0v) is 11.2. The van der Waals surface area contributed by atoms with Crippen molar-refractivity contribution in [3.63, 3.8) is 0 Å². The molecular formula is C11H23ClN2O2. The Labute approximate surface area is 104 Å². The number of nitrogens with zero attached hydrogens (tertiary/aromatic N) is 1. The van der Waals surface area contributed by atoms with E-state index in [1.807, 2.05) is 25.7 Å². The zero-order valence-electron chi connectivity index (χ0n) is 10.4. The van der Waals surface area contributed by atoms with Gasteiger partial charge in [0, 0.05) is 19.7 Å². The Morgan fingerprint density at radius 1 is 1.31 bits per heavy atom. The summed E-state index contributed by atoms with van der Waals surface area (Å²) in [5, 5.41) is 0. The van der Waals surface area contributed by atoms with Crippen LogP contribution in [-0.2, 0) is 9.53 Å². The highest BCUT2D eigenvalue weighted by atomic mass is 35.5. The predicted molar refractivity (Wildman–Crippen MR) is 66.7 cm³/mol. The molecule has 0 radical (unpaired) electrons. The highest BCUT2D eigenvalue weighted by Gasteiger charge is 2.31. The maximum atomic E-state index is 12.0. The van der Waals surface area contributed by atoms with Crippen LogP contribution in [0.2, 0.25) is 0 Å². The molecule has 1 heterocycles. The zero-order chi connectivity index (χ0) is 11.5. The van der Waals surface area contributed by atoms with Crippen LogP contribution in [0.3, 0.4) is 0 Å². The average molecular weight is 251 g/mol. The molecule has 4 nitrogen and oxygen atoms in total. The minimum atomic E-state index is -0.421. The number of ether oxygens (including phenoxy) is 1. The molecule has 0 aliphatic carbocycles. The smallest absolute Gasteiger partial charge is 0.240 e. The Kier molecular flexibility index (Phi) is 6.30. The van der Waals surface area contributed by atoms with Gasteiger partial charge in [0.1, 0.15) is 0 Å². The summed E-state index contributed by atoms with van der Waals surface area (Å²) < 4.78 is 5.31. The van der Waals surface area contributed by atoms with Crippen LogP contribution < -0.4 is 5.73 Å². The number of carbonyl (C=O) groups is 1. The Balaban J connectivity index is 0.00000225. The molecule has 2 N–H and O–H groups in total. The number of amides is 1. The van der Waals surface area contributed by atoms with Gasteiger partial charge >= 0.3 is 0 Å². The van der Waals surface area contributed by atoms with Gasteiger partial charge in [0.25, 0.3) is 0 Å². The Morgan fingerprint density at radius 3 is 2.50 bits per heavy atom. The van der Waals surface area contributed by atoms with Crippen LogP contribution in [0.5, 0.6) is 0 Å². The van der Waals surface area contributed by atoms with Crippen molar-refractivity contribution in [3.05, 3.63) is 0 Å². The maximum absolute atomic E-state index is 12.0. The molecule has 0 unspecified atom stereocenters. The van der Waals surface area contributed by atoms with E-state index in [0.717, 1.165) is 19.6 Å². The molecule has 1 aliphatic heterocycles. The topological polar surface area (TPSA) is 55.6 Å². The number of carbonyl (C=O) groups excluding carboxylic acids is 1. The highest BCUT2D eigenvalue weighted by Crippen LogP contribution is 2.19. The molecule has 1 atom stereocenters. The monoisotopic (exact) mass is 250 g/mol. The lowest BCUT2D eigenvalue weighted by Crippen LogP contribution is -2.51. The van der Waals surface area contributed by atoms with Crippen LogP contribution in [0.25, 0.3) is 0 Å². The standard InChI is InChI=1S/C11H22N2O2.ClH/c1-11(2,3)9(12)10(14)13-5-4-7-15-8-6-13;/h9H,4-8,12H2,1-3H3;1H/t9-;/m1./s1. The van der Waals surface area contributed by atoms with Gasteiger partial charge in [-0.25, -0.2) is 0 Å². The van der Waals surface area contributed by atoms with Crippen molar-refractivity contribution in [2.75, 3.05) is 26.3 Å². The van der Waals surface area contributed by atoms with Crippen LogP contribution in [0, 0.1) is 5.41 Å². The van der Waals surface area contributed by atoms with Gasteiger partial charge in [-0.3, -0.25) is 4.79 Å². The van der Waals surface area contributed by atoms with Gasteiger partial charge in [-0.15, -0.1) is 12.4 Å². The van der Waals surface area contributed by atoms with E-state index in [9.17, 15) is 4.79 Å². The van der Waals surface area contributed by atoms with Crippen molar-refractivity contribution in [1.82, 2.24) is 4.90 Å². The van der Waals surface area contributed by atoms with E-state index in [2.05, 4.69) is 0 Å². The van der Waals surface area contributed by atoms with Gasteiger partial charge in [0.05, 0.1) is 12.6 Å². The van der Waals surface area contributed by atoms with E-state index in [1.165, 1.54) is 0 Å². The fourth-order valence-corrected chi connectivity index (χ4v) is 1.53. The van der Waals surface area contributed by atoms with E-state index >= 15 is 0 Å². The van der Waals surface area contributed by atoms with E-state index < -0.39 is 6.04 Å². The molecule has 0 aromatic heterocycles. The molecule has 1 fully saturated rings. The van der Waals surface area contributed by atoms with Crippen LogP contribution in [-0.4, -0.2) is 43.2 Å². The fraction of sp³-hybridized carbons (Fsp3) is 0.909. The summed E-state index contributed by atoms with van der Waals surface area (Å²) in [5.41, 5.74) is 5.77. The summed E-state index contributed by atoms with van der Waals surface area (Å²) in [6.07, 6.45) is 0.905. The molecule has 0 saturated carbocycles. The molecule has 1 rings (SSSR count). The maximum Gasteiger partial charge on any atom is 0.240 e. The molecule has 1 aliphatic rings. The first-order chi connectivity index (χ1) is 6.93. The highest BCUT2D eigenvalue weighted by molar-refractivity contribution is 5.85. The summed E-state index contributed by atoms with van der Waals surface area (Å²) in [6, 6.07) is -0.421. The summed E-state index contributed by atoms with van der Waals surface area (Å²) in [6.45, 7) is 8.78. The summed E-state index contributed by atoms with van der Waals surface area (Å²) in [7, 11) is 0. The van der Waals surface area contributed by atoms with Crippen LogP contribution in [0.15, 0.2) is 0 Å². The van der Waals surface area contributed by atoms with Gasteiger partial charge in [0.2, 0.25) is 5.91 Å². The Bertz CT molecular complexity index is 221. The first-order valence-corrected chi connectivity index (χ1v) is 5.55. The van der Waals surface area contributed by atoms with Gasteiger partial charge in [-0.05, 0) is 11.8 Å². The number of hydrogen-bond acceptors (Lipinski definition) is 3. The molecule has 0 aromatic carbocycles. The quantitative estimate of drug-likeness (QED) is 0.756.